The Labute approximate surface area is 136 Å². The van der Waals surface area contributed by atoms with Gasteiger partial charge in [-0.25, -0.2) is 14.6 Å². The van der Waals surface area contributed by atoms with E-state index in [1.807, 2.05) is 0 Å². The van der Waals surface area contributed by atoms with Gasteiger partial charge in [0.05, 0.1) is 23.3 Å². The zero-order valence-corrected chi connectivity index (χ0v) is 12.3. The number of hydrogen-bond acceptors (Lipinski definition) is 6. The number of rotatable bonds is 4. The Kier molecular flexibility index (Phi) is 4.46. The Bertz CT molecular complexity index is 874. The van der Waals surface area contributed by atoms with E-state index in [9.17, 15) is 32.9 Å². The Hall–Kier alpha value is -3.44. The summed E-state index contributed by atoms with van der Waals surface area (Å²) in [5.41, 5.74) is -4.52. The first-order chi connectivity index (χ1) is 11.6. The van der Waals surface area contributed by atoms with E-state index in [1.54, 1.807) is 0 Å². The van der Waals surface area contributed by atoms with Crippen LogP contribution >= 0.6 is 0 Å². The maximum Gasteiger partial charge on any atom is 0.418 e. The van der Waals surface area contributed by atoms with Crippen LogP contribution in [0.2, 0.25) is 0 Å². The lowest BCUT2D eigenvalue weighted by atomic mass is 10.1. The number of carbonyl (C=O) groups is 2. The van der Waals surface area contributed by atoms with Crippen LogP contribution in [0.15, 0.2) is 24.7 Å². The predicted octanol–water partition coefficient (Wildman–Crippen LogP) is 2.28. The van der Waals surface area contributed by atoms with E-state index < -0.39 is 51.2 Å². The van der Waals surface area contributed by atoms with Crippen LogP contribution < -0.4 is 0 Å². The Morgan fingerprint density at radius 2 is 2.00 bits per heavy atom. The minimum atomic E-state index is -5.01. The lowest BCUT2D eigenvalue weighted by Gasteiger charge is -2.14. The normalized spacial score (nSPS) is 11.2. The van der Waals surface area contributed by atoms with Gasteiger partial charge in [0.25, 0.3) is 5.69 Å². The molecule has 0 radical (unpaired) electrons. The zero-order chi connectivity index (χ0) is 18.9. The molecular weight excluding hydrogens is 351 g/mol. The Balaban J connectivity index is 2.81. The van der Waals surface area contributed by atoms with Crippen LogP contribution in [-0.4, -0.2) is 38.6 Å². The summed E-state index contributed by atoms with van der Waals surface area (Å²) in [7, 11) is 0.906. The lowest BCUT2D eigenvalue weighted by molar-refractivity contribution is -0.385. The molecule has 0 saturated heterocycles. The number of esters is 1. The van der Waals surface area contributed by atoms with Crippen molar-refractivity contribution in [1.29, 1.82) is 0 Å². The van der Waals surface area contributed by atoms with Gasteiger partial charge in [0, 0.05) is 12.3 Å². The predicted molar refractivity (Wildman–Crippen MR) is 73.5 cm³/mol. The molecule has 0 unspecified atom stereocenters. The highest BCUT2D eigenvalue weighted by molar-refractivity contribution is 5.95. The summed E-state index contributed by atoms with van der Waals surface area (Å²) >= 11 is 0. The third-order valence-corrected chi connectivity index (χ3v) is 3.10. The molecule has 132 valence electrons. The van der Waals surface area contributed by atoms with Gasteiger partial charge in [-0.1, -0.05) is 0 Å². The zero-order valence-electron chi connectivity index (χ0n) is 12.3. The summed E-state index contributed by atoms with van der Waals surface area (Å²) in [5.74, 6) is -2.71. The summed E-state index contributed by atoms with van der Waals surface area (Å²) in [4.78, 5) is 35.8. The van der Waals surface area contributed by atoms with E-state index in [0.29, 0.717) is 10.6 Å². The van der Waals surface area contributed by atoms with Crippen molar-refractivity contribution in [3.8, 4) is 5.69 Å². The van der Waals surface area contributed by atoms with Crippen molar-refractivity contribution in [2.45, 2.75) is 6.18 Å². The average molecular weight is 359 g/mol. The molecule has 0 aliphatic carbocycles. The molecule has 0 bridgehead atoms. The maximum atomic E-state index is 13.3. The number of carboxylic acid groups (broad SMARTS) is 1. The first-order valence-corrected chi connectivity index (χ1v) is 6.32. The van der Waals surface area contributed by atoms with E-state index in [2.05, 4.69) is 9.72 Å². The van der Waals surface area contributed by atoms with Crippen LogP contribution in [0.5, 0.6) is 0 Å². The minimum absolute atomic E-state index is 0.183. The fourth-order valence-corrected chi connectivity index (χ4v) is 2.01. The van der Waals surface area contributed by atoms with Crippen molar-refractivity contribution in [2.75, 3.05) is 7.11 Å². The standard InChI is InChI=1S/C13H8F3N3O6/c1-25-12(22)6-2-10(18-4-8(11(20)21)17-5-18)7(13(14,15)16)3-9(6)19(23)24/h2-5H,1H3,(H,20,21). The van der Waals surface area contributed by atoms with E-state index >= 15 is 0 Å². The smallest absolute Gasteiger partial charge is 0.418 e. The number of ether oxygens (including phenoxy) is 1. The molecule has 1 aromatic carbocycles. The Morgan fingerprint density at radius 1 is 1.36 bits per heavy atom. The second-order valence-corrected chi connectivity index (χ2v) is 4.60. The molecule has 0 fully saturated rings. The van der Waals surface area contributed by atoms with Crippen molar-refractivity contribution < 1.29 is 37.5 Å². The summed E-state index contributed by atoms with van der Waals surface area (Å²) in [6, 6.07) is 0.780. The number of halogens is 3. The van der Waals surface area contributed by atoms with E-state index in [-0.39, 0.29) is 6.07 Å². The first-order valence-electron chi connectivity index (χ1n) is 6.32. The summed E-state index contributed by atoms with van der Waals surface area (Å²) in [6.07, 6.45) is -3.46. The molecule has 1 N–H and O–H groups in total. The van der Waals surface area contributed by atoms with Crippen LogP contribution in [0.4, 0.5) is 18.9 Å². The number of methoxy groups -OCH3 is 1. The number of alkyl halides is 3. The van der Waals surface area contributed by atoms with Crippen molar-refractivity contribution in [1.82, 2.24) is 9.55 Å². The van der Waals surface area contributed by atoms with Gasteiger partial charge in [-0.05, 0) is 6.07 Å². The number of nitrogens with zero attached hydrogens (tertiary/aromatic N) is 3. The molecule has 0 aliphatic heterocycles. The number of nitro benzene ring substituents is 1. The van der Waals surface area contributed by atoms with Gasteiger partial charge < -0.3 is 14.4 Å². The summed E-state index contributed by atoms with van der Waals surface area (Å²) in [6.45, 7) is 0. The highest BCUT2D eigenvalue weighted by atomic mass is 19.4. The number of aromatic carboxylic acids is 1. The Morgan fingerprint density at radius 3 is 2.44 bits per heavy atom. The number of benzene rings is 1. The highest BCUT2D eigenvalue weighted by Crippen LogP contribution is 2.38. The third kappa shape index (κ3) is 3.41. The van der Waals surface area contributed by atoms with Crippen molar-refractivity contribution in [3.05, 3.63) is 51.6 Å². The molecular formula is C13H8F3N3O6. The molecule has 1 aromatic heterocycles. The number of nitro groups is 1. The van der Waals surface area contributed by atoms with Gasteiger partial charge in [0.15, 0.2) is 5.69 Å². The molecule has 0 atom stereocenters. The molecule has 1 heterocycles. The first kappa shape index (κ1) is 17.9. The SMILES string of the molecule is COC(=O)c1cc(-n2cnc(C(=O)O)c2)c(C(F)(F)F)cc1[N+](=O)[O-]. The molecule has 25 heavy (non-hydrogen) atoms. The van der Waals surface area contributed by atoms with Crippen LogP contribution in [0.25, 0.3) is 5.69 Å². The van der Waals surface area contributed by atoms with E-state index in [1.165, 1.54) is 0 Å². The average Bonchev–Trinajstić information content (AvgIpc) is 3.02. The topological polar surface area (TPSA) is 125 Å². The number of carboxylic acids is 1. The number of hydrogen-bond donors (Lipinski definition) is 1. The largest absolute Gasteiger partial charge is 0.476 e. The molecule has 2 aromatic rings. The van der Waals surface area contributed by atoms with Crippen molar-refractivity contribution in [2.24, 2.45) is 0 Å². The third-order valence-electron chi connectivity index (χ3n) is 3.10. The van der Waals surface area contributed by atoms with Gasteiger partial charge in [0.2, 0.25) is 0 Å². The van der Waals surface area contributed by atoms with Gasteiger partial charge in [-0.15, -0.1) is 0 Å². The van der Waals surface area contributed by atoms with Crippen LogP contribution in [0.1, 0.15) is 26.4 Å². The molecule has 9 nitrogen and oxygen atoms in total. The number of imidazole rings is 1. The molecule has 12 heteroatoms. The van der Waals surface area contributed by atoms with Gasteiger partial charge in [0.1, 0.15) is 11.9 Å². The quantitative estimate of drug-likeness (QED) is 0.504. The maximum absolute atomic E-state index is 13.3. The molecule has 0 spiro atoms. The van der Waals surface area contributed by atoms with Crippen molar-refractivity contribution in [3.63, 3.8) is 0 Å². The number of aromatic nitrogens is 2. The van der Waals surface area contributed by atoms with Crippen LogP contribution in [0.3, 0.4) is 0 Å². The van der Waals surface area contributed by atoms with Gasteiger partial charge in [-0.3, -0.25) is 10.1 Å². The monoisotopic (exact) mass is 359 g/mol. The molecule has 0 aliphatic rings. The molecule has 0 saturated carbocycles. The van der Waals surface area contributed by atoms with Crippen molar-refractivity contribution >= 4 is 17.6 Å². The lowest BCUT2D eigenvalue weighted by Crippen LogP contribution is -2.14. The minimum Gasteiger partial charge on any atom is -0.476 e. The molecule has 2 rings (SSSR count). The number of carbonyl (C=O) groups excluding carboxylic acids is 1. The second-order valence-electron chi connectivity index (χ2n) is 4.60. The fraction of sp³-hybridized carbons (Fsp3) is 0.154. The second kappa shape index (κ2) is 6.22. The summed E-state index contributed by atoms with van der Waals surface area (Å²) < 4.78 is 44.8. The van der Waals surface area contributed by atoms with Gasteiger partial charge in [-0.2, -0.15) is 13.2 Å². The fourth-order valence-electron chi connectivity index (χ4n) is 2.01. The van der Waals surface area contributed by atoms with E-state index in [4.69, 9.17) is 5.11 Å². The molecule has 0 amide bonds. The summed E-state index contributed by atoms with van der Waals surface area (Å²) in [5, 5.41) is 19.8. The van der Waals surface area contributed by atoms with Crippen LogP contribution in [0, 0.1) is 10.1 Å². The van der Waals surface area contributed by atoms with E-state index in [0.717, 1.165) is 19.6 Å². The van der Waals surface area contributed by atoms with Crippen LogP contribution in [-0.2, 0) is 10.9 Å². The van der Waals surface area contributed by atoms with Gasteiger partial charge >= 0.3 is 18.1 Å². The highest BCUT2D eigenvalue weighted by Gasteiger charge is 2.38.